The lowest BCUT2D eigenvalue weighted by atomic mass is 10.3. The van der Waals surface area contributed by atoms with Crippen molar-refractivity contribution in [2.24, 2.45) is 0 Å². The first-order valence-electron chi connectivity index (χ1n) is 6.81. The zero-order valence-corrected chi connectivity index (χ0v) is 13.7. The van der Waals surface area contributed by atoms with E-state index in [4.69, 9.17) is 0 Å². The lowest BCUT2D eigenvalue weighted by Crippen LogP contribution is -2.22. The number of thioether (sulfide) groups is 1. The van der Waals surface area contributed by atoms with Crippen molar-refractivity contribution in [3.63, 3.8) is 0 Å². The average molecular weight is 348 g/mol. The number of hydrogen-bond donors (Lipinski definition) is 2. The van der Waals surface area contributed by atoms with Gasteiger partial charge in [-0.2, -0.15) is 0 Å². The minimum Gasteiger partial charge on any atom is -0.325 e. The molecule has 0 aliphatic carbocycles. The van der Waals surface area contributed by atoms with Crippen molar-refractivity contribution < 1.29 is 9.18 Å². The van der Waals surface area contributed by atoms with Gasteiger partial charge in [-0.15, -0.1) is 16.4 Å². The zero-order valence-electron chi connectivity index (χ0n) is 12.1. The summed E-state index contributed by atoms with van der Waals surface area (Å²) in [6, 6.07) is 9.67. The molecule has 118 valence electrons. The van der Waals surface area contributed by atoms with E-state index in [1.54, 1.807) is 30.4 Å². The number of carbonyl (C=O) groups is 1. The fourth-order valence-electron chi connectivity index (χ4n) is 1.84. The molecule has 3 aromatic rings. The molecule has 1 unspecified atom stereocenters. The molecule has 2 heterocycles. The van der Waals surface area contributed by atoms with Crippen LogP contribution in [0.15, 0.2) is 46.9 Å². The van der Waals surface area contributed by atoms with Crippen molar-refractivity contribution in [3.05, 3.63) is 47.6 Å². The van der Waals surface area contributed by atoms with Gasteiger partial charge in [-0.1, -0.05) is 23.9 Å². The van der Waals surface area contributed by atoms with Crippen LogP contribution in [0.3, 0.4) is 0 Å². The number of aromatic nitrogens is 3. The average Bonchev–Trinajstić information content (AvgIpc) is 3.17. The molecule has 3 rings (SSSR count). The van der Waals surface area contributed by atoms with Gasteiger partial charge >= 0.3 is 0 Å². The third-order valence-electron chi connectivity index (χ3n) is 2.96. The molecule has 2 N–H and O–H groups in total. The molecule has 2 aromatic heterocycles. The summed E-state index contributed by atoms with van der Waals surface area (Å²) >= 11 is 2.80. The first-order valence-corrected chi connectivity index (χ1v) is 8.57. The standard InChI is InChI=1S/C15H13FN4OS2/c1-9(14(21)17-11-5-2-4-10(16)8-11)23-15-18-13(19-20-15)12-6-3-7-22-12/h2-9H,1H3,(H,17,21)(H,18,19,20). The van der Waals surface area contributed by atoms with Crippen LogP contribution in [0, 0.1) is 5.82 Å². The van der Waals surface area contributed by atoms with Gasteiger partial charge in [0.05, 0.1) is 10.1 Å². The Hall–Kier alpha value is -2.19. The minimum atomic E-state index is -0.412. The summed E-state index contributed by atoms with van der Waals surface area (Å²) in [6.45, 7) is 1.75. The van der Waals surface area contributed by atoms with Gasteiger partial charge in [0.1, 0.15) is 5.82 Å². The van der Waals surface area contributed by atoms with E-state index in [0.717, 1.165) is 4.88 Å². The SMILES string of the molecule is CC(Sc1n[nH]c(-c2cccs2)n1)C(=O)Nc1cccc(F)c1. The van der Waals surface area contributed by atoms with Crippen LogP contribution in [0.1, 0.15) is 6.92 Å². The molecule has 0 radical (unpaired) electrons. The largest absolute Gasteiger partial charge is 0.325 e. The number of benzene rings is 1. The number of nitrogens with zero attached hydrogens (tertiary/aromatic N) is 2. The second-order valence-corrected chi connectivity index (χ2v) is 6.96. The summed E-state index contributed by atoms with van der Waals surface area (Å²) in [6.07, 6.45) is 0. The number of halogens is 1. The fraction of sp³-hybridized carbons (Fsp3) is 0.133. The van der Waals surface area contributed by atoms with E-state index < -0.39 is 11.1 Å². The lowest BCUT2D eigenvalue weighted by molar-refractivity contribution is -0.115. The molecule has 1 amide bonds. The van der Waals surface area contributed by atoms with E-state index >= 15 is 0 Å². The maximum atomic E-state index is 13.1. The zero-order chi connectivity index (χ0) is 16.2. The van der Waals surface area contributed by atoms with Crippen LogP contribution in [0.2, 0.25) is 0 Å². The van der Waals surface area contributed by atoms with E-state index in [9.17, 15) is 9.18 Å². The van der Waals surface area contributed by atoms with Gasteiger partial charge in [-0.05, 0) is 36.6 Å². The molecule has 0 spiro atoms. The second kappa shape index (κ2) is 6.93. The summed E-state index contributed by atoms with van der Waals surface area (Å²) in [5, 5.41) is 11.7. The molecule has 0 fully saturated rings. The summed E-state index contributed by atoms with van der Waals surface area (Å²) in [7, 11) is 0. The summed E-state index contributed by atoms with van der Waals surface area (Å²) in [5.41, 5.74) is 0.428. The number of anilines is 1. The molecule has 1 atom stereocenters. The fourth-order valence-corrected chi connectivity index (χ4v) is 3.23. The van der Waals surface area contributed by atoms with Crippen LogP contribution >= 0.6 is 23.1 Å². The van der Waals surface area contributed by atoms with E-state index in [1.807, 2.05) is 17.5 Å². The molecular weight excluding hydrogens is 335 g/mol. The second-order valence-electron chi connectivity index (χ2n) is 4.70. The van der Waals surface area contributed by atoms with E-state index in [0.29, 0.717) is 16.7 Å². The van der Waals surface area contributed by atoms with Crippen molar-refractivity contribution >= 4 is 34.7 Å². The van der Waals surface area contributed by atoms with Gasteiger partial charge in [0, 0.05) is 5.69 Å². The first kappa shape index (κ1) is 15.7. The number of carbonyl (C=O) groups excluding carboxylic acids is 1. The molecule has 5 nitrogen and oxygen atoms in total. The van der Waals surface area contributed by atoms with E-state index in [1.165, 1.54) is 23.9 Å². The van der Waals surface area contributed by atoms with Crippen LogP contribution < -0.4 is 5.32 Å². The van der Waals surface area contributed by atoms with Gasteiger partial charge in [0.25, 0.3) is 0 Å². The Morgan fingerprint density at radius 2 is 2.26 bits per heavy atom. The van der Waals surface area contributed by atoms with Crippen molar-refractivity contribution in [2.45, 2.75) is 17.3 Å². The Labute approximate surface area is 140 Å². The summed E-state index contributed by atoms with van der Waals surface area (Å²) in [5.74, 6) is 0.0565. The van der Waals surface area contributed by atoms with E-state index in [2.05, 4.69) is 20.5 Å². The van der Waals surface area contributed by atoms with Crippen LogP contribution in [-0.2, 0) is 4.79 Å². The highest BCUT2D eigenvalue weighted by atomic mass is 32.2. The number of aromatic amines is 1. The minimum absolute atomic E-state index is 0.233. The topological polar surface area (TPSA) is 70.7 Å². The molecule has 0 aliphatic rings. The summed E-state index contributed by atoms with van der Waals surface area (Å²) in [4.78, 5) is 17.5. The molecule has 1 aromatic carbocycles. The maximum Gasteiger partial charge on any atom is 0.237 e. The Kier molecular flexibility index (Phi) is 4.73. The Morgan fingerprint density at radius 3 is 3.00 bits per heavy atom. The van der Waals surface area contributed by atoms with Crippen LogP contribution in [0.4, 0.5) is 10.1 Å². The quantitative estimate of drug-likeness (QED) is 0.688. The number of H-pyrrole nitrogens is 1. The number of thiophene rings is 1. The number of hydrogen-bond acceptors (Lipinski definition) is 5. The third-order valence-corrected chi connectivity index (χ3v) is 4.80. The van der Waals surface area contributed by atoms with Crippen molar-refractivity contribution in [3.8, 4) is 10.7 Å². The molecule has 8 heteroatoms. The van der Waals surface area contributed by atoms with Gasteiger partial charge in [-0.3, -0.25) is 9.89 Å². The Bertz CT molecular complexity index is 803. The van der Waals surface area contributed by atoms with Gasteiger partial charge in [0.2, 0.25) is 11.1 Å². The lowest BCUT2D eigenvalue weighted by Gasteiger charge is -2.10. The molecule has 0 aliphatic heterocycles. The first-order chi connectivity index (χ1) is 11.1. The van der Waals surface area contributed by atoms with Crippen molar-refractivity contribution in [2.75, 3.05) is 5.32 Å². The third kappa shape index (κ3) is 3.96. The monoisotopic (exact) mass is 348 g/mol. The highest BCUT2D eigenvalue weighted by Crippen LogP contribution is 2.25. The van der Waals surface area contributed by atoms with Gasteiger partial charge in [0.15, 0.2) is 5.82 Å². The molecule has 0 saturated heterocycles. The van der Waals surface area contributed by atoms with Crippen molar-refractivity contribution in [1.29, 1.82) is 0 Å². The number of rotatable bonds is 5. The highest BCUT2D eigenvalue weighted by Gasteiger charge is 2.18. The van der Waals surface area contributed by atoms with Gasteiger partial charge in [-0.25, -0.2) is 9.37 Å². The molecule has 0 saturated carbocycles. The van der Waals surface area contributed by atoms with Crippen LogP contribution in [0.25, 0.3) is 10.7 Å². The molecular formula is C15H13FN4OS2. The Morgan fingerprint density at radius 1 is 1.39 bits per heavy atom. The van der Waals surface area contributed by atoms with Crippen LogP contribution in [-0.4, -0.2) is 26.3 Å². The molecule has 0 bridgehead atoms. The highest BCUT2D eigenvalue weighted by molar-refractivity contribution is 8.00. The van der Waals surface area contributed by atoms with Crippen molar-refractivity contribution in [1.82, 2.24) is 15.2 Å². The Balaban J connectivity index is 1.62. The maximum absolute atomic E-state index is 13.1. The summed E-state index contributed by atoms with van der Waals surface area (Å²) < 4.78 is 13.1. The number of nitrogens with one attached hydrogen (secondary N) is 2. The normalized spacial score (nSPS) is 12.1. The van der Waals surface area contributed by atoms with E-state index in [-0.39, 0.29) is 5.91 Å². The predicted octanol–water partition coefficient (Wildman–Crippen LogP) is 3.79. The smallest absolute Gasteiger partial charge is 0.237 e. The van der Waals surface area contributed by atoms with Crippen LogP contribution in [0.5, 0.6) is 0 Å². The number of amides is 1. The van der Waals surface area contributed by atoms with Gasteiger partial charge < -0.3 is 5.32 Å². The molecule has 23 heavy (non-hydrogen) atoms. The predicted molar refractivity (Wildman–Crippen MR) is 90.0 cm³/mol.